The van der Waals surface area contributed by atoms with Gasteiger partial charge in [0.1, 0.15) is 5.82 Å². The smallest absolute Gasteiger partial charge is 0.130 e. The predicted molar refractivity (Wildman–Crippen MR) is 53.1 cm³/mol. The van der Waals surface area contributed by atoms with Gasteiger partial charge in [0.25, 0.3) is 0 Å². The number of hydrogen-bond acceptors (Lipinski definition) is 2. The van der Waals surface area contributed by atoms with Crippen LogP contribution >= 0.6 is 23.2 Å². The van der Waals surface area contributed by atoms with E-state index in [4.69, 9.17) is 33.7 Å². The molecule has 14 heavy (non-hydrogen) atoms. The van der Waals surface area contributed by atoms with Crippen molar-refractivity contribution in [2.24, 2.45) is 5.73 Å². The molecule has 0 bridgehead atoms. The molecule has 0 saturated carbocycles. The molecule has 1 aliphatic rings. The molecule has 0 atom stereocenters. The number of hydrogen-bond donors (Lipinski definition) is 1. The Hall–Kier alpha value is -0.350. The van der Waals surface area contributed by atoms with Gasteiger partial charge in [-0.25, -0.2) is 4.39 Å². The molecule has 1 aromatic carbocycles. The van der Waals surface area contributed by atoms with Gasteiger partial charge in [-0.15, -0.1) is 0 Å². The van der Waals surface area contributed by atoms with E-state index in [0.29, 0.717) is 5.02 Å². The average Bonchev–Trinajstić information content (AvgIpc) is 2.09. The molecular weight excluding hydrogens is 228 g/mol. The van der Waals surface area contributed by atoms with Crippen molar-refractivity contribution < 1.29 is 9.13 Å². The molecule has 0 spiro atoms. The van der Waals surface area contributed by atoms with Crippen molar-refractivity contribution in [3.63, 3.8) is 0 Å². The zero-order valence-electron chi connectivity index (χ0n) is 7.19. The van der Waals surface area contributed by atoms with Crippen LogP contribution in [0, 0.1) is 5.82 Å². The second-order valence-electron chi connectivity index (χ2n) is 3.37. The van der Waals surface area contributed by atoms with E-state index < -0.39 is 11.4 Å². The Balaban J connectivity index is 2.56. The Morgan fingerprint density at radius 1 is 1.36 bits per heavy atom. The van der Waals surface area contributed by atoms with Gasteiger partial charge >= 0.3 is 0 Å². The molecule has 2 nitrogen and oxygen atoms in total. The summed E-state index contributed by atoms with van der Waals surface area (Å²) in [5.74, 6) is -0.440. The van der Waals surface area contributed by atoms with Gasteiger partial charge in [0, 0.05) is 5.56 Å². The molecule has 0 aromatic heterocycles. The van der Waals surface area contributed by atoms with Crippen LogP contribution in [0.1, 0.15) is 5.56 Å². The maximum atomic E-state index is 13.5. The number of benzene rings is 1. The van der Waals surface area contributed by atoms with E-state index >= 15 is 0 Å². The number of rotatable bonds is 1. The highest BCUT2D eigenvalue weighted by Gasteiger charge is 2.40. The van der Waals surface area contributed by atoms with Gasteiger partial charge in [-0.1, -0.05) is 23.2 Å². The maximum absolute atomic E-state index is 13.5. The Morgan fingerprint density at radius 2 is 2.00 bits per heavy atom. The summed E-state index contributed by atoms with van der Waals surface area (Å²) in [4.78, 5) is 0. The van der Waals surface area contributed by atoms with Gasteiger partial charge in [-0.05, 0) is 12.1 Å². The SMILES string of the molecule is NC1(c2c(F)ccc(Cl)c2Cl)COC1. The third kappa shape index (κ3) is 1.41. The summed E-state index contributed by atoms with van der Waals surface area (Å²) < 4.78 is 18.4. The molecule has 1 aromatic rings. The van der Waals surface area contributed by atoms with Gasteiger partial charge < -0.3 is 10.5 Å². The van der Waals surface area contributed by atoms with Crippen molar-refractivity contribution in [3.05, 3.63) is 33.6 Å². The quantitative estimate of drug-likeness (QED) is 0.759. The van der Waals surface area contributed by atoms with Crippen LogP contribution < -0.4 is 5.73 Å². The second kappa shape index (κ2) is 3.35. The minimum Gasteiger partial charge on any atom is -0.377 e. The van der Waals surface area contributed by atoms with Gasteiger partial charge in [0.05, 0.1) is 28.8 Å². The van der Waals surface area contributed by atoms with E-state index in [1.807, 2.05) is 0 Å². The first kappa shape index (κ1) is 10.2. The molecule has 1 heterocycles. The summed E-state index contributed by atoms with van der Waals surface area (Å²) in [6, 6.07) is 2.67. The van der Waals surface area contributed by atoms with Crippen LogP contribution in [0.15, 0.2) is 12.1 Å². The molecule has 1 saturated heterocycles. The largest absolute Gasteiger partial charge is 0.377 e. The lowest BCUT2D eigenvalue weighted by molar-refractivity contribution is -0.0584. The second-order valence-corrected chi connectivity index (χ2v) is 4.15. The van der Waals surface area contributed by atoms with Crippen LogP contribution in [0.2, 0.25) is 10.0 Å². The normalized spacial score (nSPS) is 19.1. The average molecular weight is 236 g/mol. The van der Waals surface area contributed by atoms with E-state index in [2.05, 4.69) is 0 Å². The lowest BCUT2D eigenvalue weighted by Crippen LogP contribution is -2.55. The zero-order chi connectivity index (χ0) is 10.3. The Morgan fingerprint density at radius 3 is 2.50 bits per heavy atom. The summed E-state index contributed by atoms with van der Waals surface area (Å²) in [6.45, 7) is 0.536. The monoisotopic (exact) mass is 235 g/mol. The van der Waals surface area contributed by atoms with Gasteiger partial charge in [-0.3, -0.25) is 0 Å². The Kier molecular flexibility index (Phi) is 2.43. The molecular formula is C9H8Cl2FNO. The molecule has 1 fully saturated rings. The summed E-state index contributed by atoms with van der Waals surface area (Å²) in [5.41, 5.74) is 5.31. The van der Waals surface area contributed by atoms with E-state index in [-0.39, 0.29) is 23.8 Å². The highest BCUT2D eigenvalue weighted by Crippen LogP contribution is 2.37. The summed E-state index contributed by atoms with van der Waals surface area (Å²) in [6.07, 6.45) is 0. The number of ether oxygens (including phenoxy) is 1. The third-order valence-corrected chi connectivity index (χ3v) is 3.07. The van der Waals surface area contributed by atoms with Gasteiger partial charge in [0.15, 0.2) is 0 Å². The first-order valence-electron chi connectivity index (χ1n) is 4.05. The molecule has 2 N–H and O–H groups in total. The van der Waals surface area contributed by atoms with Crippen molar-refractivity contribution in [1.29, 1.82) is 0 Å². The van der Waals surface area contributed by atoms with E-state index in [0.717, 1.165) is 0 Å². The highest BCUT2D eigenvalue weighted by atomic mass is 35.5. The zero-order valence-corrected chi connectivity index (χ0v) is 8.70. The molecule has 5 heteroatoms. The molecule has 0 radical (unpaired) electrons. The fourth-order valence-electron chi connectivity index (χ4n) is 1.45. The minimum absolute atomic E-state index is 0.178. The maximum Gasteiger partial charge on any atom is 0.130 e. The van der Waals surface area contributed by atoms with Gasteiger partial charge in [-0.2, -0.15) is 0 Å². The summed E-state index contributed by atoms with van der Waals surface area (Å²) in [7, 11) is 0. The first-order chi connectivity index (χ1) is 6.54. The number of halogens is 3. The van der Waals surface area contributed by atoms with Crippen LogP contribution in [-0.2, 0) is 10.3 Å². The van der Waals surface area contributed by atoms with Crippen molar-refractivity contribution in [2.75, 3.05) is 13.2 Å². The summed E-state index contributed by atoms with van der Waals surface area (Å²) >= 11 is 11.7. The van der Waals surface area contributed by atoms with Crippen molar-refractivity contribution in [3.8, 4) is 0 Å². The van der Waals surface area contributed by atoms with Crippen molar-refractivity contribution in [1.82, 2.24) is 0 Å². The Bertz CT molecular complexity index is 379. The lowest BCUT2D eigenvalue weighted by Gasteiger charge is -2.38. The molecule has 76 valence electrons. The molecule has 2 rings (SSSR count). The summed E-state index contributed by atoms with van der Waals surface area (Å²) in [5, 5.41) is 0.484. The fraction of sp³-hybridized carbons (Fsp3) is 0.333. The van der Waals surface area contributed by atoms with Crippen LogP contribution in [-0.4, -0.2) is 13.2 Å². The van der Waals surface area contributed by atoms with E-state index in [9.17, 15) is 4.39 Å². The molecule has 0 amide bonds. The van der Waals surface area contributed by atoms with E-state index in [1.165, 1.54) is 12.1 Å². The highest BCUT2D eigenvalue weighted by molar-refractivity contribution is 6.42. The standard InChI is InChI=1S/C9H8Cl2FNO/c10-5-1-2-6(12)7(8(5)11)9(13)3-14-4-9/h1-2H,3-4,13H2. The van der Waals surface area contributed by atoms with E-state index in [1.54, 1.807) is 0 Å². The topological polar surface area (TPSA) is 35.2 Å². The fourth-order valence-corrected chi connectivity index (χ4v) is 1.95. The predicted octanol–water partition coefficient (Wildman–Crippen LogP) is 2.32. The minimum atomic E-state index is -0.827. The van der Waals surface area contributed by atoms with Crippen LogP contribution in [0.5, 0.6) is 0 Å². The van der Waals surface area contributed by atoms with Crippen molar-refractivity contribution >= 4 is 23.2 Å². The van der Waals surface area contributed by atoms with Gasteiger partial charge in [0.2, 0.25) is 0 Å². The van der Waals surface area contributed by atoms with Crippen LogP contribution in [0.4, 0.5) is 4.39 Å². The van der Waals surface area contributed by atoms with Crippen molar-refractivity contribution in [2.45, 2.75) is 5.54 Å². The Labute approximate surface area is 90.7 Å². The van der Waals surface area contributed by atoms with Crippen LogP contribution in [0.3, 0.4) is 0 Å². The first-order valence-corrected chi connectivity index (χ1v) is 4.81. The molecule has 0 aliphatic carbocycles. The molecule has 1 aliphatic heterocycles. The molecule has 0 unspecified atom stereocenters. The van der Waals surface area contributed by atoms with Crippen LogP contribution in [0.25, 0.3) is 0 Å². The lowest BCUT2D eigenvalue weighted by atomic mass is 9.89. The number of nitrogens with two attached hydrogens (primary N) is 1. The third-order valence-electron chi connectivity index (χ3n) is 2.26.